The average molecular weight is 152 g/mol. The van der Waals surface area contributed by atoms with E-state index in [0.717, 1.165) is 0 Å². The van der Waals surface area contributed by atoms with Gasteiger partial charge in [-0.15, -0.1) is 0 Å². The molecule has 0 rings (SSSR count). The van der Waals surface area contributed by atoms with Crippen LogP contribution in [-0.4, -0.2) is 23.4 Å². The number of hydrogen-bond donors (Lipinski definition) is 0. The summed E-state index contributed by atoms with van der Waals surface area (Å²) in [4.78, 5) is 12.3. The largest absolute Gasteiger partial charge is 0.324 e. The molecule has 0 aliphatic carbocycles. The van der Waals surface area contributed by atoms with E-state index in [0.29, 0.717) is 0 Å². The quantitative estimate of drug-likeness (QED) is 0.552. The van der Waals surface area contributed by atoms with Gasteiger partial charge in [-0.25, -0.2) is 0 Å². The minimum Gasteiger partial charge on any atom is -0.324 e. The van der Waals surface area contributed by atoms with Crippen LogP contribution in [0.25, 0.3) is 0 Å². The second-order valence-electron chi connectivity index (χ2n) is 2.77. The zero-order chi connectivity index (χ0) is 9.07. The van der Waals surface area contributed by atoms with Crippen LogP contribution in [0.1, 0.15) is 13.8 Å². The normalized spacial score (nSPS) is 10.0. The number of likely N-dealkylation sites (N-methyl/N-ethyl adjacent to an activating group) is 1. The Kier molecular flexibility index (Phi) is 2.82. The number of nitriles is 1. The predicted molar refractivity (Wildman–Crippen MR) is 42.7 cm³/mol. The predicted octanol–water partition coefficient (Wildman–Crippen LogP) is 0.933. The first kappa shape index (κ1) is 9.70. The lowest BCUT2D eigenvalue weighted by molar-refractivity contribution is -0.127. The lowest BCUT2D eigenvalue weighted by Crippen LogP contribution is -2.42. The highest BCUT2D eigenvalue weighted by Gasteiger charge is 2.25. The van der Waals surface area contributed by atoms with Crippen LogP contribution in [0.5, 0.6) is 0 Å². The van der Waals surface area contributed by atoms with E-state index in [1.165, 1.54) is 11.0 Å². The third-order valence-electron chi connectivity index (χ3n) is 1.62. The molecule has 0 unspecified atom stereocenters. The van der Waals surface area contributed by atoms with Crippen LogP contribution in [-0.2, 0) is 4.79 Å². The summed E-state index contributed by atoms with van der Waals surface area (Å²) in [5.74, 6) is -0.239. The molecule has 0 aliphatic heterocycles. The van der Waals surface area contributed by atoms with Crippen molar-refractivity contribution in [2.75, 3.05) is 7.05 Å². The van der Waals surface area contributed by atoms with Gasteiger partial charge in [-0.1, -0.05) is 6.58 Å². The van der Waals surface area contributed by atoms with Crippen molar-refractivity contribution in [3.8, 4) is 6.07 Å². The van der Waals surface area contributed by atoms with Crippen LogP contribution in [0.15, 0.2) is 12.7 Å². The van der Waals surface area contributed by atoms with Gasteiger partial charge < -0.3 is 4.90 Å². The maximum atomic E-state index is 11.0. The van der Waals surface area contributed by atoms with Crippen molar-refractivity contribution in [1.82, 2.24) is 4.90 Å². The zero-order valence-electron chi connectivity index (χ0n) is 7.09. The fraction of sp³-hybridized carbons (Fsp3) is 0.500. The molecule has 0 N–H and O–H groups in total. The molecule has 0 fully saturated rings. The third kappa shape index (κ3) is 2.08. The fourth-order valence-corrected chi connectivity index (χ4v) is 0.487. The molecule has 0 spiro atoms. The van der Waals surface area contributed by atoms with Gasteiger partial charge in [0.1, 0.15) is 5.54 Å². The molecular weight excluding hydrogens is 140 g/mol. The van der Waals surface area contributed by atoms with Gasteiger partial charge in [-0.3, -0.25) is 4.79 Å². The van der Waals surface area contributed by atoms with Crippen LogP contribution < -0.4 is 0 Å². The van der Waals surface area contributed by atoms with E-state index in [4.69, 9.17) is 5.26 Å². The smallest absolute Gasteiger partial charge is 0.246 e. The van der Waals surface area contributed by atoms with Crippen molar-refractivity contribution in [2.45, 2.75) is 19.4 Å². The van der Waals surface area contributed by atoms with E-state index in [1.54, 1.807) is 20.9 Å². The van der Waals surface area contributed by atoms with Crippen molar-refractivity contribution in [3.63, 3.8) is 0 Å². The van der Waals surface area contributed by atoms with Gasteiger partial charge in [0, 0.05) is 7.05 Å². The molecule has 0 radical (unpaired) electrons. The number of rotatable bonds is 2. The maximum absolute atomic E-state index is 11.0. The molecule has 0 aliphatic rings. The van der Waals surface area contributed by atoms with Crippen molar-refractivity contribution >= 4 is 5.91 Å². The minimum atomic E-state index is -0.759. The molecular formula is C8H12N2O. The minimum absolute atomic E-state index is 0.239. The Morgan fingerprint density at radius 1 is 1.73 bits per heavy atom. The summed E-state index contributed by atoms with van der Waals surface area (Å²) < 4.78 is 0. The number of hydrogen-bond acceptors (Lipinski definition) is 2. The first-order valence-corrected chi connectivity index (χ1v) is 3.27. The molecule has 0 bridgehead atoms. The first-order valence-electron chi connectivity index (χ1n) is 3.27. The molecule has 0 aromatic rings. The van der Waals surface area contributed by atoms with E-state index in [2.05, 4.69) is 6.58 Å². The molecule has 60 valence electrons. The highest BCUT2D eigenvalue weighted by atomic mass is 16.2. The number of carbonyl (C=O) groups excluding carboxylic acids is 1. The number of amides is 1. The topological polar surface area (TPSA) is 44.1 Å². The number of carbonyl (C=O) groups is 1. The molecule has 11 heavy (non-hydrogen) atoms. The molecule has 0 aromatic heterocycles. The standard InChI is InChI=1S/C8H12N2O/c1-5-7(11)10(4)8(2,3)6-9/h5H,1H2,2-4H3. The van der Waals surface area contributed by atoms with Crippen LogP contribution in [0.3, 0.4) is 0 Å². The van der Waals surface area contributed by atoms with Gasteiger partial charge in [0.15, 0.2) is 0 Å². The first-order chi connectivity index (χ1) is 4.95. The maximum Gasteiger partial charge on any atom is 0.246 e. The third-order valence-corrected chi connectivity index (χ3v) is 1.62. The average Bonchev–Trinajstić information content (AvgIpc) is 2.01. The van der Waals surface area contributed by atoms with Gasteiger partial charge in [-0.05, 0) is 19.9 Å². The Hall–Kier alpha value is -1.30. The van der Waals surface area contributed by atoms with Gasteiger partial charge in [-0.2, -0.15) is 5.26 Å². The highest BCUT2D eigenvalue weighted by molar-refractivity contribution is 5.87. The highest BCUT2D eigenvalue weighted by Crippen LogP contribution is 2.10. The summed E-state index contributed by atoms with van der Waals surface area (Å²) >= 11 is 0. The van der Waals surface area contributed by atoms with E-state index in [-0.39, 0.29) is 5.91 Å². The molecule has 0 atom stereocenters. The Morgan fingerprint density at radius 3 is 2.45 bits per heavy atom. The van der Waals surface area contributed by atoms with Crippen LogP contribution in [0.4, 0.5) is 0 Å². The summed E-state index contributed by atoms with van der Waals surface area (Å²) in [6, 6.07) is 2.01. The zero-order valence-corrected chi connectivity index (χ0v) is 7.09. The van der Waals surface area contributed by atoms with Crippen molar-refractivity contribution in [2.24, 2.45) is 0 Å². The Morgan fingerprint density at radius 2 is 2.18 bits per heavy atom. The molecule has 0 saturated heterocycles. The Labute approximate surface area is 66.9 Å². The summed E-state index contributed by atoms with van der Waals surface area (Å²) in [6.45, 7) is 6.68. The van der Waals surface area contributed by atoms with E-state index in [1.807, 2.05) is 6.07 Å². The van der Waals surface area contributed by atoms with Gasteiger partial charge >= 0.3 is 0 Å². The lowest BCUT2D eigenvalue weighted by Gasteiger charge is -2.27. The number of nitrogens with zero attached hydrogens (tertiary/aromatic N) is 2. The molecule has 0 heterocycles. The molecule has 3 heteroatoms. The van der Waals surface area contributed by atoms with Gasteiger partial charge in [0.2, 0.25) is 5.91 Å². The van der Waals surface area contributed by atoms with E-state index >= 15 is 0 Å². The Bertz CT molecular complexity index is 213. The van der Waals surface area contributed by atoms with Gasteiger partial charge in [0.05, 0.1) is 6.07 Å². The summed E-state index contributed by atoms with van der Waals surface area (Å²) in [5, 5.41) is 8.63. The van der Waals surface area contributed by atoms with Crippen LogP contribution in [0, 0.1) is 11.3 Å². The summed E-state index contributed by atoms with van der Waals surface area (Å²) in [7, 11) is 1.58. The SMILES string of the molecule is C=CC(=O)N(C)C(C)(C)C#N. The monoisotopic (exact) mass is 152 g/mol. The van der Waals surface area contributed by atoms with Crippen molar-refractivity contribution in [3.05, 3.63) is 12.7 Å². The molecule has 0 aromatic carbocycles. The Balaban J connectivity index is 4.50. The summed E-state index contributed by atoms with van der Waals surface area (Å²) in [5.41, 5.74) is -0.759. The second-order valence-corrected chi connectivity index (χ2v) is 2.77. The summed E-state index contributed by atoms with van der Waals surface area (Å²) in [6.07, 6.45) is 1.19. The lowest BCUT2D eigenvalue weighted by atomic mass is 10.1. The van der Waals surface area contributed by atoms with Crippen molar-refractivity contribution < 1.29 is 4.79 Å². The molecule has 1 amide bonds. The molecule has 3 nitrogen and oxygen atoms in total. The fourth-order valence-electron chi connectivity index (χ4n) is 0.487. The van der Waals surface area contributed by atoms with Crippen LogP contribution in [0.2, 0.25) is 0 Å². The van der Waals surface area contributed by atoms with E-state index < -0.39 is 5.54 Å². The van der Waals surface area contributed by atoms with Crippen molar-refractivity contribution in [1.29, 1.82) is 5.26 Å². The van der Waals surface area contributed by atoms with Crippen LogP contribution >= 0.6 is 0 Å². The van der Waals surface area contributed by atoms with Gasteiger partial charge in [0.25, 0.3) is 0 Å². The van der Waals surface area contributed by atoms with E-state index in [9.17, 15) is 4.79 Å². The second kappa shape index (κ2) is 3.20. The molecule has 0 saturated carbocycles.